The largest absolute Gasteiger partial charge is 0.466 e. The molecule has 7 heteroatoms. The molecule has 1 atom stereocenters. The Bertz CT molecular complexity index is 714. The summed E-state index contributed by atoms with van der Waals surface area (Å²) in [5.41, 5.74) is 0.658. The third-order valence-corrected chi connectivity index (χ3v) is 4.53. The van der Waals surface area contributed by atoms with Crippen LogP contribution in [0.3, 0.4) is 0 Å². The van der Waals surface area contributed by atoms with E-state index in [9.17, 15) is 4.79 Å². The minimum Gasteiger partial charge on any atom is -0.466 e. The van der Waals surface area contributed by atoms with Crippen LogP contribution in [0.5, 0.6) is 6.01 Å². The van der Waals surface area contributed by atoms with Crippen molar-refractivity contribution in [2.24, 2.45) is 5.92 Å². The van der Waals surface area contributed by atoms with Crippen molar-refractivity contribution in [3.05, 3.63) is 40.0 Å². The quantitative estimate of drug-likeness (QED) is 0.796. The van der Waals surface area contributed by atoms with Gasteiger partial charge in [-0.25, -0.2) is 9.97 Å². The number of carbonyl (C=O) groups is 1. The lowest BCUT2D eigenvalue weighted by molar-refractivity contribution is 0.0627. The van der Waals surface area contributed by atoms with Crippen molar-refractivity contribution in [1.29, 1.82) is 0 Å². The van der Waals surface area contributed by atoms with Crippen LogP contribution >= 0.6 is 15.9 Å². The third-order valence-electron chi connectivity index (χ3n) is 4.12. The second-order valence-corrected chi connectivity index (χ2v) is 7.00. The molecule has 2 aromatic heterocycles. The Kier molecular flexibility index (Phi) is 5.18. The van der Waals surface area contributed by atoms with E-state index < -0.39 is 0 Å². The van der Waals surface area contributed by atoms with E-state index in [4.69, 9.17) is 9.15 Å². The first-order valence-electron chi connectivity index (χ1n) is 7.99. The fourth-order valence-electron chi connectivity index (χ4n) is 2.97. The molecular weight excluding hydrogens is 374 g/mol. The van der Waals surface area contributed by atoms with Gasteiger partial charge in [-0.15, -0.1) is 0 Å². The van der Waals surface area contributed by atoms with E-state index in [0.29, 0.717) is 30.5 Å². The minimum absolute atomic E-state index is 0.0361. The molecule has 3 rings (SSSR count). The van der Waals surface area contributed by atoms with Gasteiger partial charge in [0.25, 0.3) is 5.91 Å². The lowest BCUT2D eigenvalue weighted by Gasteiger charge is -2.32. The summed E-state index contributed by atoms with van der Waals surface area (Å²) in [6, 6.07) is 2.18. The molecule has 0 N–H and O–H groups in total. The molecule has 0 spiro atoms. The molecule has 0 saturated carbocycles. The fraction of sp³-hybridized carbons (Fsp3) is 0.471. The predicted octanol–water partition coefficient (Wildman–Crippen LogP) is 3.38. The smallest absolute Gasteiger partial charge is 0.316 e. The first-order chi connectivity index (χ1) is 11.5. The van der Waals surface area contributed by atoms with Gasteiger partial charge in [-0.1, -0.05) is 0 Å². The number of aromatic nitrogens is 2. The maximum Gasteiger partial charge on any atom is 0.316 e. The van der Waals surface area contributed by atoms with Gasteiger partial charge in [-0.2, -0.15) is 0 Å². The molecular formula is C17H20BrN3O3. The zero-order chi connectivity index (χ0) is 17.1. The number of furan rings is 1. The second kappa shape index (κ2) is 7.34. The summed E-state index contributed by atoms with van der Waals surface area (Å²) in [7, 11) is 0. The van der Waals surface area contributed by atoms with Crippen molar-refractivity contribution < 1.29 is 13.9 Å². The van der Waals surface area contributed by atoms with E-state index >= 15 is 0 Å². The maximum atomic E-state index is 12.7. The Labute approximate surface area is 149 Å². The highest BCUT2D eigenvalue weighted by molar-refractivity contribution is 9.10. The van der Waals surface area contributed by atoms with Gasteiger partial charge in [0, 0.05) is 31.4 Å². The molecule has 0 radical (unpaired) electrons. The number of aryl methyl sites for hydroxylation is 2. The molecule has 1 aliphatic rings. The molecule has 1 unspecified atom stereocenters. The number of amides is 1. The van der Waals surface area contributed by atoms with Gasteiger partial charge in [-0.05, 0) is 48.7 Å². The zero-order valence-electron chi connectivity index (χ0n) is 13.8. The SMILES string of the molecule is Cc1cc(C(=O)N2CCCC(COc3ncc(Br)cn3)C2)c(C)o1. The van der Waals surface area contributed by atoms with Crippen molar-refractivity contribution in [3.63, 3.8) is 0 Å². The zero-order valence-corrected chi connectivity index (χ0v) is 15.4. The van der Waals surface area contributed by atoms with Gasteiger partial charge >= 0.3 is 6.01 Å². The first-order valence-corrected chi connectivity index (χ1v) is 8.79. The van der Waals surface area contributed by atoms with Crippen LogP contribution in [0.1, 0.15) is 34.7 Å². The fourth-order valence-corrected chi connectivity index (χ4v) is 3.17. The lowest BCUT2D eigenvalue weighted by atomic mass is 9.98. The van der Waals surface area contributed by atoms with Crippen LogP contribution in [0.25, 0.3) is 0 Å². The number of piperidine rings is 1. The van der Waals surface area contributed by atoms with Gasteiger partial charge in [0.2, 0.25) is 0 Å². The van der Waals surface area contributed by atoms with Crippen LogP contribution in [-0.2, 0) is 0 Å². The molecule has 0 bridgehead atoms. The average molecular weight is 394 g/mol. The first kappa shape index (κ1) is 17.0. The highest BCUT2D eigenvalue weighted by atomic mass is 79.9. The molecule has 3 heterocycles. The summed E-state index contributed by atoms with van der Waals surface area (Å²) in [5, 5.41) is 0. The molecule has 1 aliphatic heterocycles. The Morgan fingerprint density at radius 2 is 2.17 bits per heavy atom. The lowest BCUT2D eigenvalue weighted by Crippen LogP contribution is -2.41. The number of likely N-dealkylation sites (tertiary alicyclic amines) is 1. The highest BCUT2D eigenvalue weighted by Crippen LogP contribution is 2.22. The van der Waals surface area contributed by atoms with Crippen molar-refractivity contribution in [2.45, 2.75) is 26.7 Å². The molecule has 6 nitrogen and oxygen atoms in total. The number of hydrogen-bond acceptors (Lipinski definition) is 5. The van der Waals surface area contributed by atoms with Gasteiger partial charge < -0.3 is 14.1 Å². The average Bonchev–Trinajstić information content (AvgIpc) is 2.92. The van der Waals surface area contributed by atoms with Crippen molar-refractivity contribution in [3.8, 4) is 6.01 Å². The van der Waals surface area contributed by atoms with E-state index in [-0.39, 0.29) is 11.8 Å². The molecule has 2 aromatic rings. The molecule has 0 aromatic carbocycles. The Morgan fingerprint density at radius 1 is 1.42 bits per heavy atom. The molecule has 0 aliphatic carbocycles. The molecule has 1 fully saturated rings. The number of rotatable bonds is 4. The van der Waals surface area contributed by atoms with E-state index in [2.05, 4.69) is 25.9 Å². The Morgan fingerprint density at radius 3 is 2.83 bits per heavy atom. The summed E-state index contributed by atoms with van der Waals surface area (Å²) in [4.78, 5) is 22.8. The van der Waals surface area contributed by atoms with Crippen LogP contribution in [0, 0.1) is 19.8 Å². The number of halogens is 1. The summed E-state index contributed by atoms with van der Waals surface area (Å²) < 4.78 is 12.0. The Hall–Kier alpha value is -1.89. The topological polar surface area (TPSA) is 68.5 Å². The Balaban J connectivity index is 1.58. The molecule has 24 heavy (non-hydrogen) atoms. The van der Waals surface area contributed by atoms with Gasteiger partial charge in [0.05, 0.1) is 16.6 Å². The van der Waals surface area contributed by atoms with Crippen molar-refractivity contribution >= 4 is 21.8 Å². The standard InChI is InChI=1S/C17H20BrN3O3/c1-11-6-15(12(2)24-11)16(22)21-5-3-4-13(9-21)10-23-17-19-7-14(18)8-20-17/h6-8,13H,3-5,9-10H2,1-2H3. The highest BCUT2D eigenvalue weighted by Gasteiger charge is 2.27. The van der Waals surface area contributed by atoms with Gasteiger partial charge in [-0.3, -0.25) is 4.79 Å². The second-order valence-electron chi connectivity index (χ2n) is 6.08. The van der Waals surface area contributed by atoms with E-state index in [1.807, 2.05) is 24.8 Å². The molecule has 128 valence electrons. The van der Waals surface area contributed by atoms with Gasteiger partial charge in [0.15, 0.2) is 0 Å². The van der Waals surface area contributed by atoms with Gasteiger partial charge in [0.1, 0.15) is 11.5 Å². The maximum absolute atomic E-state index is 12.7. The minimum atomic E-state index is 0.0361. The van der Waals surface area contributed by atoms with Crippen LogP contribution in [0.4, 0.5) is 0 Å². The molecule has 1 saturated heterocycles. The van der Waals surface area contributed by atoms with Crippen molar-refractivity contribution in [1.82, 2.24) is 14.9 Å². The number of carbonyl (C=O) groups excluding carboxylic acids is 1. The summed E-state index contributed by atoms with van der Waals surface area (Å²) in [5.74, 6) is 1.76. The normalized spacial score (nSPS) is 17.8. The summed E-state index contributed by atoms with van der Waals surface area (Å²) >= 11 is 3.29. The number of hydrogen-bond donors (Lipinski definition) is 0. The molecule has 1 amide bonds. The number of nitrogens with zero attached hydrogens (tertiary/aromatic N) is 3. The monoisotopic (exact) mass is 393 g/mol. The summed E-state index contributed by atoms with van der Waals surface area (Å²) in [6.07, 6.45) is 5.31. The van der Waals surface area contributed by atoms with E-state index in [0.717, 1.165) is 29.6 Å². The third kappa shape index (κ3) is 3.95. The van der Waals surface area contributed by atoms with Crippen LogP contribution in [0.15, 0.2) is 27.3 Å². The predicted molar refractivity (Wildman–Crippen MR) is 92.0 cm³/mol. The number of ether oxygens (including phenoxy) is 1. The van der Waals surface area contributed by atoms with E-state index in [1.165, 1.54) is 0 Å². The van der Waals surface area contributed by atoms with Crippen LogP contribution in [0.2, 0.25) is 0 Å². The van der Waals surface area contributed by atoms with E-state index in [1.54, 1.807) is 12.4 Å². The van der Waals surface area contributed by atoms with Crippen LogP contribution in [-0.4, -0.2) is 40.5 Å². The van der Waals surface area contributed by atoms with Crippen molar-refractivity contribution in [2.75, 3.05) is 19.7 Å². The summed E-state index contributed by atoms with van der Waals surface area (Å²) in [6.45, 7) is 5.64. The van der Waals surface area contributed by atoms with Crippen LogP contribution < -0.4 is 4.74 Å².